The summed E-state index contributed by atoms with van der Waals surface area (Å²) in [6.45, 7) is 3.20. The van der Waals surface area contributed by atoms with Gasteiger partial charge < -0.3 is 4.74 Å². The Morgan fingerprint density at radius 2 is 1.72 bits per heavy atom. The maximum atomic E-state index is 13.0. The molecule has 2 aromatic carbocycles. The number of benzene rings is 2. The number of hydrogen-bond donors (Lipinski definition) is 0. The Morgan fingerprint density at radius 3 is 2.21 bits per heavy atom. The normalized spacial score (nSPS) is 12.6. The topological polar surface area (TPSA) is 46.6 Å². The molecule has 0 aliphatic heterocycles. The van der Waals surface area contributed by atoms with Crippen molar-refractivity contribution in [3.63, 3.8) is 0 Å². The van der Waals surface area contributed by atoms with Gasteiger partial charge in [0.15, 0.2) is 0 Å². The predicted molar refractivity (Wildman–Crippen MR) is 105 cm³/mol. The van der Waals surface area contributed by atoms with E-state index in [-0.39, 0.29) is 12.3 Å². The van der Waals surface area contributed by atoms with Gasteiger partial charge in [-0.25, -0.2) is 4.79 Å². The van der Waals surface area contributed by atoms with E-state index in [0.717, 1.165) is 23.1 Å². The summed E-state index contributed by atoms with van der Waals surface area (Å²) in [6.07, 6.45) is -5.59. The van der Waals surface area contributed by atoms with Crippen LogP contribution >= 0.6 is 23.2 Å². The molecule has 0 radical (unpaired) electrons. The lowest BCUT2D eigenvalue weighted by Gasteiger charge is -2.31. The second kappa shape index (κ2) is 9.50. The molecule has 0 bridgehead atoms. The van der Waals surface area contributed by atoms with E-state index in [1.54, 1.807) is 44.2 Å². The highest BCUT2D eigenvalue weighted by atomic mass is 35.5. The van der Waals surface area contributed by atoms with Crippen LogP contribution in [0.15, 0.2) is 48.5 Å². The summed E-state index contributed by atoms with van der Waals surface area (Å²) in [6, 6.07) is 10.4. The quantitative estimate of drug-likeness (QED) is 0.488. The zero-order chi connectivity index (χ0) is 21.8. The molecule has 0 heterocycles. The van der Waals surface area contributed by atoms with Gasteiger partial charge in [-0.2, -0.15) is 13.2 Å². The molecule has 0 aliphatic carbocycles. The molecule has 0 saturated heterocycles. The van der Waals surface area contributed by atoms with Crippen molar-refractivity contribution in [2.45, 2.75) is 32.7 Å². The molecule has 2 aromatic rings. The molecule has 1 unspecified atom stereocenters. The monoisotopic (exact) mass is 447 g/mol. The van der Waals surface area contributed by atoms with E-state index < -0.39 is 40.1 Å². The summed E-state index contributed by atoms with van der Waals surface area (Å²) in [5.74, 6) is -0.439. The number of hydrogen-bond acceptors (Lipinski definition) is 3. The van der Waals surface area contributed by atoms with E-state index >= 15 is 0 Å². The first kappa shape index (κ1) is 23.0. The Balaban J connectivity index is 2.41. The maximum absolute atomic E-state index is 13.0. The maximum Gasteiger partial charge on any atom is 0.417 e. The van der Waals surface area contributed by atoms with Crippen molar-refractivity contribution in [2.24, 2.45) is 5.92 Å². The summed E-state index contributed by atoms with van der Waals surface area (Å²) >= 11 is 11.5. The number of rotatable bonds is 6. The smallest absolute Gasteiger partial charge is 0.417 e. The van der Waals surface area contributed by atoms with E-state index in [0.29, 0.717) is 5.56 Å². The minimum Gasteiger partial charge on any atom is -0.444 e. The standard InChI is InChI=1S/C20H18Cl2F3NO3/c1-12(2)17(18(22)27)26(19(28)29-11-13-6-4-3-5-7-13)14-8-9-15(16(21)10-14)20(23,24)25/h3-10,12,17H,11H2,1-2H3. The summed E-state index contributed by atoms with van der Waals surface area (Å²) in [5.41, 5.74) is -0.392. The van der Waals surface area contributed by atoms with E-state index in [1.165, 1.54) is 0 Å². The lowest BCUT2D eigenvalue weighted by molar-refractivity contribution is -0.137. The van der Waals surface area contributed by atoms with Gasteiger partial charge in [-0.15, -0.1) is 0 Å². The average Bonchev–Trinajstić information content (AvgIpc) is 2.63. The third-order valence-corrected chi connectivity index (χ3v) is 4.62. The van der Waals surface area contributed by atoms with Gasteiger partial charge in [0, 0.05) is 5.69 Å². The molecule has 0 aliphatic rings. The van der Waals surface area contributed by atoms with Gasteiger partial charge >= 0.3 is 12.3 Å². The first-order valence-corrected chi connectivity index (χ1v) is 9.34. The van der Waals surface area contributed by atoms with Crippen LogP contribution in [-0.2, 0) is 22.3 Å². The van der Waals surface area contributed by atoms with Crippen LogP contribution in [0.4, 0.5) is 23.7 Å². The van der Waals surface area contributed by atoms with Gasteiger partial charge in [-0.1, -0.05) is 55.8 Å². The van der Waals surface area contributed by atoms with Gasteiger partial charge in [0.2, 0.25) is 5.24 Å². The molecule has 29 heavy (non-hydrogen) atoms. The number of carbonyl (C=O) groups excluding carboxylic acids is 2. The summed E-state index contributed by atoms with van der Waals surface area (Å²) in [4.78, 5) is 25.7. The fourth-order valence-electron chi connectivity index (χ4n) is 2.71. The van der Waals surface area contributed by atoms with Crippen molar-refractivity contribution in [1.82, 2.24) is 0 Å². The number of halogens is 5. The molecule has 0 N–H and O–H groups in total. The molecule has 0 saturated carbocycles. The molecule has 2 rings (SSSR count). The lowest BCUT2D eigenvalue weighted by Crippen LogP contribution is -2.47. The van der Waals surface area contributed by atoms with E-state index in [4.69, 9.17) is 27.9 Å². The Morgan fingerprint density at radius 1 is 1.10 bits per heavy atom. The van der Waals surface area contributed by atoms with Crippen molar-refractivity contribution in [3.05, 3.63) is 64.7 Å². The zero-order valence-corrected chi connectivity index (χ0v) is 17.1. The van der Waals surface area contributed by atoms with Crippen LogP contribution in [-0.4, -0.2) is 17.4 Å². The van der Waals surface area contributed by atoms with Crippen molar-refractivity contribution in [2.75, 3.05) is 4.90 Å². The highest BCUT2D eigenvalue weighted by Crippen LogP contribution is 2.37. The minimum atomic E-state index is -4.66. The van der Waals surface area contributed by atoms with Gasteiger partial charge in [-0.05, 0) is 41.3 Å². The van der Waals surface area contributed by atoms with Crippen molar-refractivity contribution in [1.29, 1.82) is 0 Å². The van der Waals surface area contributed by atoms with Crippen LogP contribution in [0.1, 0.15) is 25.0 Å². The fourth-order valence-corrected chi connectivity index (χ4v) is 3.35. The summed E-state index contributed by atoms with van der Waals surface area (Å²) in [5, 5.41) is -1.46. The number of carbonyl (C=O) groups is 2. The van der Waals surface area contributed by atoms with Gasteiger partial charge in [0.1, 0.15) is 12.6 Å². The fraction of sp³-hybridized carbons (Fsp3) is 0.300. The molecule has 0 spiro atoms. The van der Waals surface area contributed by atoms with E-state index in [1.807, 2.05) is 0 Å². The van der Waals surface area contributed by atoms with Crippen LogP contribution in [0.3, 0.4) is 0 Å². The average molecular weight is 448 g/mol. The first-order chi connectivity index (χ1) is 13.5. The second-order valence-corrected chi connectivity index (χ2v) is 7.34. The Hall–Kier alpha value is -2.25. The number of nitrogens with zero attached hydrogens (tertiary/aromatic N) is 1. The number of alkyl halides is 3. The Kier molecular flexibility index (Phi) is 7.54. The Bertz CT molecular complexity index is 873. The van der Waals surface area contributed by atoms with E-state index in [2.05, 4.69) is 0 Å². The number of ether oxygens (including phenoxy) is 1. The largest absolute Gasteiger partial charge is 0.444 e. The summed E-state index contributed by atoms with van der Waals surface area (Å²) in [7, 11) is 0. The minimum absolute atomic E-state index is 0.0336. The lowest BCUT2D eigenvalue weighted by atomic mass is 10.0. The second-order valence-electron chi connectivity index (χ2n) is 6.57. The molecule has 4 nitrogen and oxygen atoms in total. The first-order valence-electron chi connectivity index (χ1n) is 8.58. The molecule has 156 valence electrons. The SMILES string of the molecule is CC(C)C(C(=O)Cl)N(C(=O)OCc1ccccc1)c1ccc(C(F)(F)F)c(Cl)c1. The van der Waals surface area contributed by atoms with Gasteiger partial charge in [0.05, 0.1) is 10.6 Å². The number of amides is 1. The molecule has 0 aromatic heterocycles. The zero-order valence-electron chi connectivity index (χ0n) is 15.5. The molecule has 0 fully saturated rings. The molecule has 1 atom stereocenters. The highest BCUT2D eigenvalue weighted by Gasteiger charge is 2.37. The third kappa shape index (κ3) is 5.87. The van der Waals surface area contributed by atoms with E-state index in [9.17, 15) is 22.8 Å². The third-order valence-electron chi connectivity index (χ3n) is 4.08. The van der Waals surface area contributed by atoms with Crippen molar-refractivity contribution in [3.8, 4) is 0 Å². The number of anilines is 1. The molecular weight excluding hydrogens is 430 g/mol. The predicted octanol–water partition coefficient (Wildman–Crippen LogP) is 6.29. The van der Waals surface area contributed by atoms with Crippen LogP contribution < -0.4 is 4.90 Å². The van der Waals surface area contributed by atoms with Crippen molar-refractivity contribution >= 4 is 40.2 Å². The van der Waals surface area contributed by atoms with Crippen LogP contribution in [0.2, 0.25) is 5.02 Å². The molecule has 1 amide bonds. The van der Waals surface area contributed by atoms with Gasteiger partial charge in [0.25, 0.3) is 0 Å². The van der Waals surface area contributed by atoms with Crippen LogP contribution in [0, 0.1) is 5.92 Å². The molecule has 9 heteroatoms. The van der Waals surface area contributed by atoms with Crippen LogP contribution in [0.25, 0.3) is 0 Å². The molecular formula is C20H18Cl2F3NO3. The highest BCUT2D eigenvalue weighted by molar-refractivity contribution is 6.65. The summed E-state index contributed by atoms with van der Waals surface area (Å²) < 4.78 is 44.3. The van der Waals surface area contributed by atoms with Crippen LogP contribution in [0.5, 0.6) is 0 Å². The van der Waals surface area contributed by atoms with Gasteiger partial charge in [-0.3, -0.25) is 9.69 Å². The van der Waals surface area contributed by atoms with Crippen molar-refractivity contribution < 1.29 is 27.5 Å². The Labute approximate surface area is 176 Å².